The van der Waals surface area contributed by atoms with Crippen molar-refractivity contribution in [2.75, 3.05) is 19.7 Å². The van der Waals surface area contributed by atoms with Crippen LogP contribution in [-0.4, -0.2) is 45.8 Å². The Balaban J connectivity index is 2.12. The summed E-state index contributed by atoms with van der Waals surface area (Å²) in [5, 5.41) is 17.5. The zero-order valence-corrected chi connectivity index (χ0v) is 12.7. The minimum absolute atomic E-state index is 0.0982. The summed E-state index contributed by atoms with van der Waals surface area (Å²) >= 11 is 0. The number of allylic oxidation sites excluding steroid dienone is 2. The van der Waals surface area contributed by atoms with Crippen LogP contribution < -0.4 is 0 Å². The van der Waals surface area contributed by atoms with Crippen molar-refractivity contribution in [2.45, 2.75) is 33.1 Å². The van der Waals surface area contributed by atoms with Gasteiger partial charge in [-0.3, -0.25) is 4.79 Å². The molecule has 0 spiro atoms. The van der Waals surface area contributed by atoms with E-state index >= 15 is 0 Å². The molecule has 1 aliphatic heterocycles. The predicted molar refractivity (Wildman–Crippen MR) is 80.7 cm³/mol. The number of carbonyl (C=O) groups excluding carboxylic acids is 1. The largest absolute Gasteiger partial charge is 0.396 e. The second-order valence-corrected chi connectivity index (χ2v) is 6.08. The molecule has 2 heterocycles. The van der Waals surface area contributed by atoms with Crippen LogP contribution in [-0.2, 0) is 0 Å². The number of piperidine rings is 1. The van der Waals surface area contributed by atoms with Crippen molar-refractivity contribution >= 4 is 5.91 Å². The first-order valence-electron chi connectivity index (χ1n) is 7.37. The van der Waals surface area contributed by atoms with Crippen LogP contribution in [0.4, 0.5) is 0 Å². The van der Waals surface area contributed by atoms with E-state index in [4.69, 9.17) is 0 Å². The Morgan fingerprint density at radius 1 is 1.52 bits per heavy atom. The van der Waals surface area contributed by atoms with Crippen LogP contribution in [0, 0.1) is 5.41 Å². The van der Waals surface area contributed by atoms with Crippen LogP contribution in [0.25, 0.3) is 0 Å². The fourth-order valence-corrected chi connectivity index (χ4v) is 2.74. The highest BCUT2D eigenvalue weighted by Crippen LogP contribution is 2.34. The lowest BCUT2D eigenvalue weighted by Crippen LogP contribution is -2.48. The van der Waals surface area contributed by atoms with Gasteiger partial charge < -0.3 is 10.0 Å². The average molecular weight is 289 g/mol. The van der Waals surface area contributed by atoms with Gasteiger partial charge in [-0.25, -0.2) is 0 Å². The lowest BCUT2D eigenvalue weighted by Gasteiger charge is -2.41. The molecule has 2 rings (SSSR count). The summed E-state index contributed by atoms with van der Waals surface area (Å²) in [6.07, 6.45) is 6.35. The number of aromatic nitrogens is 2. The normalized spacial score (nSPS) is 22.0. The van der Waals surface area contributed by atoms with E-state index in [1.54, 1.807) is 23.2 Å². The molecular weight excluding hydrogens is 266 g/mol. The number of rotatable bonds is 4. The van der Waals surface area contributed by atoms with E-state index < -0.39 is 0 Å². The second-order valence-electron chi connectivity index (χ2n) is 6.08. The van der Waals surface area contributed by atoms with Crippen LogP contribution in [0.1, 0.15) is 43.6 Å². The fraction of sp³-hybridized carbons (Fsp3) is 0.562. The summed E-state index contributed by atoms with van der Waals surface area (Å²) in [5.74, 6) is -0.0992. The lowest BCUT2D eigenvalue weighted by molar-refractivity contribution is 0.0280. The Morgan fingerprint density at radius 3 is 2.95 bits per heavy atom. The van der Waals surface area contributed by atoms with Gasteiger partial charge in [-0.1, -0.05) is 11.6 Å². The molecule has 0 unspecified atom stereocenters. The number of hydrogen-bond donors (Lipinski definition) is 1. The number of aliphatic hydroxyl groups is 1. The lowest BCUT2D eigenvalue weighted by atomic mass is 9.77. The summed E-state index contributed by atoms with van der Waals surface area (Å²) in [5.41, 5.74) is 1.38. The Morgan fingerprint density at radius 2 is 2.33 bits per heavy atom. The third kappa shape index (κ3) is 3.88. The molecule has 114 valence electrons. The minimum Gasteiger partial charge on any atom is -0.396 e. The van der Waals surface area contributed by atoms with Crippen LogP contribution in [0.3, 0.4) is 0 Å². The van der Waals surface area contributed by atoms with E-state index in [1.807, 2.05) is 0 Å². The van der Waals surface area contributed by atoms with Gasteiger partial charge >= 0.3 is 0 Å². The summed E-state index contributed by atoms with van der Waals surface area (Å²) in [4.78, 5) is 14.3. The van der Waals surface area contributed by atoms with Crippen LogP contribution in [0.2, 0.25) is 0 Å². The Hall–Kier alpha value is -1.75. The molecule has 0 aromatic carbocycles. The van der Waals surface area contributed by atoms with Gasteiger partial charge in [0, 0.05) is 24.7 Å². The Labute approximate surface area is 125 Å². The topological polar surface area (TPSA) is 66.3 Å². The number of hydrogen-bond acceptors (Lipinski definition) is 4. The smallest absolute Gasteiger partial charge is 0.274 e. The summed E-state index contributed by atoms with van der Waals surface area (Å²) < 4.78 is 0. The molecule has 0 bridgehead atoms. The number of amides is 1. The molecule has 21 heavy (non-hydrogen) atoms. The van der Waals surface area contributed by atoms with Gasteiger partial charge in [-0.15, -0.1) is 5.10 Å². The van der Waals surface area contributed by atoms with E-state index in [9.17, 15) is 9.90 Å². The first-order chi connectivity index (χ1) is 10.1. The predicted octanol–water partition coefficient (Wildman–Crippen LogP) is 2.05. The summed E-state index contributed by atoms with van der Waals surface area (Å²) in [7, 11) is 0. The van der Waals surface area contributed by atoms with Crippen molar-refractivity contribution in [1.29, 1.82) is 0 Å². The molecule has 0 saturated carbocycles. The van der Waals surface area contributed by atoms with Crippen molar-refractivity contribution in [3.63, 3.8) is 0 Å². The SMILES string of the molecule is CC(C)=CC[C@@]1(CO)CCCN(C(=O)c2cccnn2)C1. The van der Waals surface area contributed by atoms with E-state index in [0.29, 0.717) is 18.8 Å². The maximum atomic E-state index is 12.5. The van der Waals surface area contributed by atoms with Crippen LogP contribution in [0.5, 0.6) is 0 Å². The van der Waals surface area contributed by atoms with Crippen LogP contribution >= 0.6 is 0 Å². The van der Waals surface area contributed by atoms with Gasteiger partial charge in [0.05, 0.1) is 6.61 Å². The van der Waals surface area contributed by atoms with Gasteiger partial charge in [-0.05, 0) is 45.2 Å². The van der Waals surface area contributed by atoms with Crippen molar-refractivity contribution in [3.8, 4) is 0 Å². The average Bonchev–Trinajstić information content (AvgIpc) is 2.53. The molecular formula is C16H23N3O2. The number of aliphatic hydroxyl groups excluding tert-OH is 1. The van der Waals surface area contributed by atoms with E-state index in [1.165, 1.54) is 5.57 Å². The van der Waals surface area contributed by atoms with Crippen molar-refractivity contribution in [2.24, 2.45) is 5.41 Å². The Kier molecular flexibility index (Phi) is 5.07. The minimum atomic E-state index is -0.229. The van der Waals surface area contributed by atoms with Crippen molar-refractivity contribution < 1.29 is 9.90 Å². The first-order valence-corrected chi connectivity index (χ1v) is 7.37. The molecule has 1 aliphatic rings. The number of nitrogens with zero attached hydrogens (tertiary/aromatic N) is 3. The monoisotopic (exact) mass is 289 g/mol. The maximum Gasteiger partial charge on any atom is 0.274 e. The summed E-state index contributed by atoms with van der Waals surface area (Å²) in [6.45, 7) is 5.49. The molecule has 1 N–H and O–H groups in total. The first kappa shape index (κ1) is 15.6. The highest BCUT2D eigenvalue weighted by molar-refractivity contribution is 5.92. The summed E-state index contributed by atoms with van der Waals surface area (Å²) in [6, 6.07) is 3.40. The van der Waals surface area contributed by atoms with Crippen molar-refractivity contribution in [1.82, 2.24) is 15.1 Å². The highest BCUT2D eigenvalue weighted by Gasteiger charge is 2.36. The molecule has 1 amide bonds. The molecule has 0 radical (unpaired) electrons. The molecule has 1 fully saturated rings. The highest BCUT2D eigenvalue weighted by atomic mass is 16.3. The zero-order valence-electron chi connectivity index (χ0n) is 12.7. The molecule has 1 saturated heterocycles. The Bertz CT molecular complexity index is 512. The van der Waals surface area contributed by atoms with Gasteiger partial charge in [0.1, 0.15) is 0 Å². The second kappa shape index (κ2) is 6.80. The molecule has 0 aliphatic carbocycles. The van der Waals surface area contributed by atoms with Crippen molar-refractivity contribution in [3.05, 3.63) is 35.7 Å². The van der Waals surface area contributed by atoms with Gasteiger partial charge in [0.25, 0.3) is 5.91 Å². The van der Waals surface area contributed by atoms with Gasteiger partial charge in [-0.2, -0.15) is 5.10 Å². The third-order valence-electron chi connectivity index (χ3n) is 4.02. The molecule has 5 heteroatoms. The molecule has 1 atom stereocenters. The maximum absolute atomic E-state index is 12.5. The number of likely N-dealkylation sites (tertiary alicyclic amines) is 1. The van der Waals surface area contributed by atoms with Crippen LogP contribution in [0.15, 0.2) is 30.0 Å². The third-order valence-corrected chi connectivity index (χ3v) is 4.02. The quantitative estimate of drug-likeness (QED) is 0.861. The fourth-order valence-electron chi connectivity index (χ4n) is 2.74. The van der Waals surface area contributed by atoms with E-state index in [2.05, 4.69) is 30.1 Å². The van der Waals surface area contributed by atoms with E-state index in [-0.39, 0.29) is 17.9 Å². The van der Waals surface area contributed by atoms with Gasteiger partial charge in [0.15, 0.2) is 5.69 Å². The molecule has 1 aromatic rings. The van der Waals surface area contributed by atoms with Gasteiger partial charge in [0.2, 0.25) is 0 Å². The number of carbonyl (C=O) groups is 1. The zero-order chi connectivity index (χ0) is 15.3. The molecule has 1 aromatic heterocycles. The molecule has 5 nitrogen and oxygen atoms in total. The van der Waals surface area contributed by atoms with E-state index in [0.717, 1.165) is 19.3 Å². The standard InChI is InChI=1S/C16H23N3O2/c1-13(2)6-8-16(12-20)7-4-10-19(11-16)15(21)14-5-3-9-17-18-14/h3,5-6,9,20H,4,7-8,10-12H2,1-2H3/t16-/m0/s1.